The van der Waals surface area contributed by atoms with Crippen molar-refractivity contribution in [3.63, 3.8) is 0 Å². The number of halogens is 3. The molecule has 1 aromatic carbocycles. The molecule has 0 atom stereocenters. The lowest BCUT2D eigenvalue weighted by atomic mass is 10.0. The SMILES string of the molecule is FC(F)(F)c1ccccc1Cc1csc(N2CCOCC2)n1. The zero-order valence-electron chi connectivity index (χ0n) is 11.8. The van der Waals surface area contributed by atoms with Gasteiger partial charge in [-0.2, -0.15) is 13.2 Å². The molecular weight excluding hydrogens is 313 g/mol. The van der Waals surface area contributed by atoms with E-state index in [9.17, 15) is 13.2 Å². The minimum absolute atomic E-state index is 0.191. The standard InChI is InChI=1S/C15H15F3N2OS/c16-15(17,18)13-4-2-1-3-11(13)9-12-10-22-14(19-12)20-5-7-21-8-6-20/h1-4,10H,5-9H2. The van der Waals surface area contributed by atoms with Crippen LogP contribution in [0.25, 0.3) is 0 Å². The Morgan fingerprint density at radius 2 is 1.91 bits per heavy atom. The van der Waals surface area contributed by atoms with E-state index in [2.05, 4.69) is 9.88 Å². The summed E-state index contributed by atoms with van der Waals surface area (Å²) in [5.74, 6) is 0. The van der Waals surface area contributed by atoms with E-state index in [4.69, 9.17) is 4.74 Å². The topological polar surface area (TPSA) is 25.4 Å². The Labute approximate surface area is 130 Å². The predicted molar refractivity (Wildman–Crippen MR) is 79.4 cm³/mol. The van der Waals surface area contributed by atoms with Gasteiger partial charge >= 0.3 is 6.18 Å². The van der Waals surface area contributed by atoms with Crippen LogP contribution >= 0.6 is 11.3 Å². The van der Waals surface area contributed by atoms with Gasteiger partial charge in [0.05, 0.1) is 24.5 Å². The summed E-state index contributed by atoms with van der Waals surface area (Å²) in [5.41, 5.74) is 0.341. The fraction of sp³-hybridized carbons (Fsp3) is 0.400. The van der Waals surface area contributed by atoms with Crippen LogP contribution in [-0.4, -0.2) is 31.3 Å². The van der Waals surface area contributed by atoms with Crippen LogP contribution in [0.3, 0.4) is 0 Å². The molecule has 1 aromatic heterocycles. The second-order valence-electron chi connectivity index (χ2n) is 5.05. The van der Waals surface area contributed by atoms with Crippen LogP contribution in [0.5, 0.6) is 0 Å². The fourth-order valence-corrected chi connectivity index (χ4v) is 3.30. The molecular formula is C15H15F3N2OS. The molecule has 118 valence electrons. The lowest BCUT2D eigenvalue weighted by molar-refractivity contribution is -0.138. The molecule has 2 aromatic rings. The third-order valence-electron chi connectivity index (χ3n) is 3.52. The van der Waals surface area contributed by atoms with Gasteiger partial charge in [0, 0.05) is 24.9 Å². The van der Waals surface area contributed by atoms with Crippen LogP contribution in [-0.2, 0) is 17.3 Å². The van der Waals surface area contributed by atoms with E-state index >= 15 is 0 Å². The summed E-state index contributed by atoms with van der Waals surface area (Å²) in [6.07, 6.45) is -4.14. The zero-order valence-corrected chi connectivity index (χ0v) is 12.6. The number of ether oxygens (including phenoxy) is 1. The summed E-state index contributed by atoms with van der Waals surface area (Å²) in [6, 6.07) is 5.66. The second kappa shape index (κ2) is 6.26. The van der Waals surface area contributed by atoms with Crippen molar-refractivity contribution in [2.45, 2.75) is 12.6 Å². The highest BCUT2D eigenvalue weighted by atomic mass is 32.1. The molecule has 0 aliphatic carbocycles. The molecule has 1 saturated heterocycles. The molecule has 0 spiro atoms. The molecule has 2 heterocycles. The summed E-state index contributed by atoms with van der Waals surface area (Å²) < 4.78 is 44.3. The number of anilines is 1. The quantitative estimate of drug-likeness (QED) is 0.861. The number of nitrogens with zero attached hydrogens (tertiary/aromatic N) is 2. The van der Waals surface area contributed by atoms with E-state index < -0.39 is 11.7 Å². The molecule has 3 rings (SSSR count). The van der Waals surface area contributed by atoms with E-state index in [1.807, 2.05) is 5.38 Å². The van der Waals surface area contributed by atoms with Crippen molar-refractivity contribution in [1.82, 2.24) is 4.98 Å². The molecule has 3 nitrogen and oxygen atoms in total. The first-order valence-electron chi connectivity index (χ1n) is 6.96. The smallest absolute Gasteiger partial charge is 0.378 e. The first-order chi connectivity index (χ1) is 10.5. The highest BCUT2D eigenvalue weighted by Gasteiger charge is 2.33. The maximum atomic E-state index is 13.0. The Morgan fingerprint density at radius 1 is 1.18 bits per heavy atom. The molecule has 0 amide bonds. The average molecular weight is 328 g/mol. The summed E-state index contributed by atoms with van der Waals surface area (Å²) >= 11 is 1.47. The van der Waals surface area contributed by atoms with Gasteiger partial charge in [-0.15, -0.1) is 11.3 Å². The summed E-state index contributed by atoms with van der Waals surface area (Å²) in [7, 11) is 0. The normalized spacial score (nSPS) is 16.0. The average Bonchev–Trinajstić information content (AvgIpc) is 2.96. The lowest BCUT2D eigenvalue weighted by Gasteiger charge is -2.26. The lowest BCUT2D eigenvalue weighted by Crippen LogP contribution is -2.36. The van der Waals surface area contributed by atoms with Gasteiger partial charge in [0.25, 0.3) is 0 Å². The largest absolute Gasteiger partial charge is 0.416 e. The Bertz CT molecular complexity index is 636. The Morgan fingerprint density at radius 3 is 2.64 bits per heavy atom. The van der Waals surface area contributed by atoms with Crippen molar-refractivity contribution in [2.24, 2.45) is 0 Å². The van der Waals surface area contributed by atoms with Gasteiger partial charge in [0.15, 0.2) is 5.13 Å². The van der Waals surface area contributed by atoms with Crippen molar-refractivity contribution >= 4 is 16.5 Å². The van der Waals surface area contributed by atoms with Gasteiger partial charge in [0.2, 0.25) is 0 Å². The van der Waals surface area contributed by atoms with Crippen LogP contribution < -0.4 is 4.90 Å². The first kappa shape index (κ1) is 15.3. The molecule has 0 unspecified atom stereocenters. The number of alkyl halides is 3. The van der Waals surface area contributed by atoms with Crippen LogP contribution in [0.2, 0.25) is 0 Å². The van der Waals surface area contributed by atoms with E-state index in [1.165, 1.54) is 23.5 Å². The van der Waals surface area contributed by atoms with Crippen molar-refractivity contribution in [1.29, 1.82) is 0 Å². The van der Waals surface area contributed by atoms with Gasteiger partial charge in [0.1, 0.15) is 0 Å². The van der Waals surface area contributed by atoms with Gasteiger partial charge < -0.3 is 9.64 Å². The third kappa shape index (κ3) is 3.41. The minimum Gasteiger partial charge on any atom is -0.378 e. The summed E-state index contributed by atoms with van der Waals surface area (Å²) in [6.45, 7) is 2.86. The molecule has 0 radical (unpaired) electrons. The maximum absolute atomic E-state index is 13.0. The van der Waals surface area contributed by atoms with Crippen molar-refractivity contribution in [3.05, 3.63) is 46.5 Å². The summed E-state index contributed by atoms with van der Waals surface area (Å²) in [5, 5.41) is 2.68. The zero-order chi connectivity index (χ0) is 15.6. The third-order valence-corrected chi connectivity index (χ3v) is 4.47. The fourth-order valence-electron chi connectivity index (χ4n) is 2.42. The Balaban J connectivity index is 1.78. The van der Waals surface area contributed by atoms with Crippen LogP contribution in [0, 0.1) is 0 Å². The molecule has 0 N–H and O–H groups in total. The minimum atomic E-state index is -4.33. The predicted octanol–water partition coefficient (Wildman–Crippen LogP) is 3.59. The van der Waals surface area contributed by atoms with E-state index in [0.717, 1.165) is 24.3 Å². The highest BCUT2D eigenvalue weighted by Crippen LogP contribution is 2.33. The van der Waals surface area contributed by atoms with Crippen LogP contribution in [0.15, 0.2) is 29.6 Å². The number of aromatic nitrogens is 1. The van der Waals surface area contributed by atoms with Crippen molar-refractivity contribution in [2.75, 3.05) is 31.2 Å². The molecule has 1 fully saturated rings. The van der Waals surface area contributed by atoms with Gasteiger partial charge in [-0.25, -0.2) is 4.98 Å². The number of benzene rings is 1. The first-order valence-corrected chi connectivity index (χ1v) is 7.84. The van der Waals surface area contributed by atoms with E-state index in [1.54, 1.807) is 6.07 Å². The number of thiazole rings is 1. The Kier molecular flexibility index (Phi) is 4.35. The maximum Gasteiger partial charge on any atom is 0.416 e. The second-order valence-corrected chi connectivity index (χ2v) is 5.89. The highest BCUT2D eigenvalue weighted by molar-refractivity contribution is 7.13. The van der Waals surface area contributed by atoms with Gasteiger partial charge in [-0.3, -0.25) is 0 Å². The number of morpholine rings is 1. The van der Waals surface area contributed by atoms with Gasteiger partial charge in [-0.05, 0) is 11.6 Å². The van der Waals surface area contributed by atoms with Crippen LogP contribution in [0.4, 0.5) is 18.3 Å². The molecule has 22 heavy (non-hydrogen) atoms. The Hall–Kier alpha value is -1.60. The van der Waals surface area contributed by atoms with E-state index in [-0.39, 0.29) is 12.0 Å². The molecule has 1 aliphatic rings. The number of hydrogen-bond acceptors (Lipinski definition) is 4. The van der Waals surface area contributed by atoms with Crippen molar-refractivity contribution < 1.29 is 17.9 Å². The molecule has 1 aliphatic heterocycles. The van der Waals surface area contributed by atoms with E-state index in [0.29, 0.717) is 18.9 Å². The van der Waals surface area contributed by atoms with Gasteiger partial charge in [-0.1, -0.05) is 18.2 Å². The summed E-state index contributed by atoms with van der Waals surface area (Å²) in [4.78, 5) is 6.58. The molecule has 0 bridgehead atoms. The molecule has 0 saturated carbocycles. The molecule has 7 heteroatoms. The van der Waals surface area contributed by atoms with Crippen molar-refractivity contribution in [3.8, 4) is 0 Å². The van der Waals surface area contributed by atoms with Crippen LogP contribution in [0.1, 0.15) is 16.8 Å². The number of rotatable bonds is 3. The number of hydrogen-bond donors (Lipinski definition) is 0. The monoisotopic (exact) mass is 328 g/mol.